The number of carboxylic acids is 1. The molecule has 0 aromatic heterocycles. The van der Waals surface area contributed by atoms with Gasteiger partial charge in [0.2, 0.25) is 0 Å². The van der Waals surface area contributed by atoms with Gasteiger partial charge in [-0.25, -0.2) is 4.39 Å². The minimum Gasteiger partial charge on any atom is -0.480 e. The normalized spacial score (nSPS) is 28.2. The molecule has 76 valence electrons. The number of rotatable bonds is 4. The van der Waals surface area contributed by atoms with E-state index in [1.165, 1.54) is 0 Å². The van der Waals surface area contributed by atoms with Crippen LogP contribution in [-0.4, -0.2) is 54.9 Å². The van der Waals surface area contributed by atoms with Gasteiger partial charge in [0.15, 0.2) is 0 Å². The zero-order valence-corrected chi connectivity index (χ0v) is 7.66. The van der Waals surface area contributed by atoms with Crippen LogP contribution in [0.15, 0.2) is 0 Å². The minimum atomic E-state index is -0.879. The Balaban J connectivity index is 2.26. The van der Waals surface area contributed by atoms with Gasteiger partial charge in [-0.2, -0.15) is 0 Å². The first-order valence-electron chi connectivity index (χ1n) is 4.37. The van der Waals surface area contributed by atoms with Crippen LogP contribution in [0.3, 0.4) is 0 Å². The molecule has 13 heavy (non-hydrogen) atoms. The second-order valence-corrected chi connectivity index (χ2v) is 3.46. The van der Waals surface area contributed by atoms with Crippen LogP contribution in [0.4, 0.5) is 4.39 Å². The van der Waals surface area contributed by atoms with Gasteiger partial charge in [-0.1, -0.05) is 0 Å². The molecule has 0 bridgehead atoms. The number of carboxylic acid groups (broad SMARTS) is 1. The van der Waals surface area contributed by atoms with Crippen LogP contribution in [0.1, 0.15) is 6.42 Å². The molecular formula is C8H15FN2O2. The maximum atomic E-state index is 13.0. The topological polar surface area (TPSA) is 52.6 Å². The SMILES string of the molecule is CN(CC(=O)O)CC1NCCC1F. The Morgan fingerprint density at radius 1 is 1.77 bits per heavy atom. The lowest BCUT2D eigenvalue weighted by Crippen LogP contribution is -2.41. The van der Waals surface area contributed by atoms with Gasteiger partial charge < -0.3 is 10.4 Å². The van der Waals surface area contributed by atoms with Gasteiger partial charge in [0.25, 0.3) is 0 Å². The molecule has 2 N–H and O–H groups in total. The molecule has 0 aromatic rings. The zero-order chi connectivity index (χ0) is 9.84. The number of nitrogens with one attached hydrogen (secondary N) is 1. The Bertz CT molecular complexity index is 189. The molecule has 2 unspecified atom stereocenters. The molecule has 1 fully saturated rings. The number of hydrogen-bond donors (Lipinski definition) is 2. The molecule has 0 spiro atoms. The van der Waals surface area contributed by atoms with E-state index in [4.69, 9.17) is 5.11 Å². The first kappa shape index (κ1) is 10.4. The Hall–Kier alpha value is -0.680. The molecule has 1 aliphatic rings. The van der Waals surface area contributed by atoms with Gasteiger partial charge in [-0.3, -0.25) is 9.69 Å². The van der Waals surface area contributed by atoms with E-state index in [2.05, 4.69) is 5.32 Å². The van der Waals surface area contributed by atoms with Gasteiger partial charge in [0, 0.05) is 6.54 Å². The van der Waals surface area contributed by atoms with Crippen LogP contribution in [-0.2, 0) is 4.79 Å². The molecule has 2 atom stereocenters. The highest BCUT2D eigenvalue weighted by molar-refractivity contribution is 5.69. The summed E-state index contributed by atoms with van der Waals surface area (Å²) in [6, 6.07) is -0.204. The lowest BCUT2D eigenvalue weighted by Gasteiger charge is -2.20. The van der Waals surface area contributed by atoms with Gasteiger partial charge in [-0.15, -0.1) is 0 Å². The summed E-state index contributed by atoms with van der Waals surface area (Å²) in [4.78, 5) is 11.9. The van der Waals surface area contributed by atoms with Gasteiger partial charge >= 0.3 is 5.97 Å². The molecule has 1 rings (SSSR count). The van der Waals surface area contributed by atoms with E-state index in [0.717, 1.165) is 0 Å². The zero-order valence-electron chi connectivity index (χ0n) is 7.66. The van der Waals surface area contributed by atoms with Crippen LogP contribution in [0.25, 0.3) is 0 Å². The molecule has 5 heteroatoms. The number of hydrogen-bond acceptors (Lipinski definition) is 3. The molecule has 0 saturated carbocycles. The average Bonchev–Trinajstić information content (AvgIpc) is 2.34. The maximum absolute atomic E-state index is 13.0. The van der Waals surface area contributed by atoms with Crippen LogP contribution in [0.2, 0.25) is 0 Å². The molecule has 1 aliphatic heterocycles. The summed E-state index contributed by atoms with van der Waals surface area (Å²) in [7, 11) is 1.68. The molecule has 1 heterocycles. The first-order chi connectivity index (χ1) is 6.09. The van der Waals surface area contributed by atoms with Crippen molar-refractivity contribution >= 4 is 5.97 Å². The molecule has 0 aliphatic carbocycles. The number of likely N-dealkylation sites (N-methyl/N-ethyl adjacent to an activating group) is 1. The maximum Gasteiger partial charge on any atom is 0.317 e. The summed E-state index contributed by atoms with van der Waals surface area (Å²) in [6.07, 6.45) is -0.303. The second-order valence-electron chi connectivity index (χ2n) is 3.46. The monoisotopic (exact) mass is 190 g/mol. The van der Waals surface area contributed by atoms with Crippen molar-refractivity contribution in [2.75, 3.05) is 26.7 Å². The van der Waals surface area contributed by atoms with Crippen molar-refractivity contribution < 1.29 is 14.3 Å². The van der Waals surface area contributed by atoms with Crippen molar-refractivity contribution in [1.29, 1.82) is 0 Å². The summed E-state index contributed by atoms with van der Waals surface area (Å²) in [5, 5.41) is 11.5. The Morgan fingerprint density at radius 2 is 2.46 bits per heavy atom. The van der Waals surface area contributed by atoms with Crippen LogP contribution in [0, 0.1) is 0 Å². The van der Waals surface area contributed by atoms with Crippen molar-refractivity contribution in [3.05, 3.63) is 0 Å². The summed E-state index contributed by atoms with van der Waals surface area (Å²) in [5.74, 6) is -0.879. The predicted molar refractivity (Wildman–Crippen MR) is 46.4 cm³/mol. The number of halogens is 1. The van der Waals surface area contributed by atoms with Crippen molar-refractivity contribution in [2.45, 2.75) is 18.6 Å². The Labute approximate surface area is 76.7 Å². The van der Waals surface area contributed by atoms with Crippen molar-refractivity contribution in [3.8, 4) is 0 Å². The van der Waals surface area contributed by atoms with Crippen LogP contribution in [0.5, 0.6) is 0 Å². The highest BCUT2D eigenvalue weighted by Crippen LogP contribution is 2.11. The lowest BCUT2D eigenvalue weighted by molar-refractivity contribution is -0.138. The molecule has 4 nitrogen and oxygen atoms in total. The molecular weight excluding hydrogens is 175 g/mol. The highest BCUT2D eigenvalue weighted by atomic mass is 19.1. The summed E-state index contributed by atoms with van der Waals surface area (Å²) in [6.45, 7) is 1.10. The fourth-order valence-electron chi connectivity index (χ4n) is 1.55. The Morgan fingerprint density at radius 3 is 2.92 bits per heavy atom. The summed E-state index contributed by atoms with van der Waals surface area (Å²) < 4.78 is 13.0. The third-order valence-corrected chi connectivity index (χ3v) is 2.18. The number of aliphatic carboxylic acids is 1. The summed E-state index contributed by atoms with van der Waals surface area (Å²) in [5.41, 5.74) is 0. The van der Waals surface area contributed by atoms with Crippen molar-refractivity contribution in [2.24, 2.45) is 0 Å². The first-order valence-corrected chi connectivity index (χ1v) is 4.37. The predicted octanol–water partition coefficient (Wildman–Crippen LogP) is -0.297. The van der Waals surface area contributed by atoms with Gasteiger partial charge in [-0.05, 0) is 20.0 Å². The number of carbonyl (C=O) groups is 1. The van der Waals surface area contributed by atoms with Gasteiger partial charge in [0.1, 0.15) is 6.17 Å². The van der Waals surface area contributed by atoms with Crippen molar-refractivity contribution in [1.82, 2.24) is 10.2 Å². The lowest BCUT2D eigenvalue weighted by atomic mass is 10.2. The smallest absolute Gasteiger partial charge is 0.317 e. The highest BCUT2D eigenvalue weighted by Gasteiger charge is 2.27. The minimum absolute atomic E-state index is 0.0368. The quantitative estimate of drug-likeness (QED) is 0.639. The van der Waals surface area contributed by atoms with Crippen LogP contribution >= 0.6 is 0 Å². The van der Waals surface area contributed by atoms with E-state index < -0.39 is 12.1 Å². The Kier molecular flexibility index (Phi) is 3.62. The fourth-order valence-corrected chi connectivity index (χ4v) is 1.55. The molecule has 0 amide bonds. The third kappa shape index (κ3) is 3.28. The standard InChI is InChI=1S/C8H15FN2O2/c1-11(5-8(12)13)4-7-6(9)2-3-10-7/h6-7,10H,2-5H2,1H3,(H,12,13). The number of nitrogens with zero attached hydrogens (tertiary/aromatic N) is 1. The third-order valence-electron chi connectivity index (χ3n) is 2.18. The van der Waals surface area contributed by atoms with E-state index >= 15 is 0 Å². The van der Waals surface area contributed by atoms with E-state index in [9.17, 15) is 9.18 Å². The molecule has 0 radical (unpaired) electrons. The average molecular weight is 190 g/mol. The van der Waals surface area contributed by atoms with E-state index in [1.807, 2.05) is 0 Å². The molecule has 0 aromatic carbocycles. The van der Waals surface area contributed by atoms with Crippen molar-refractivity contribution in [3.63, 3.8) is 0 Å². The van der Waals surface area contributed by atoms with E-state index in [0.29, 0.717) is 19.5 Å². The summed E-state index contributed by atoms with van der Waals surface area (Å²) >= 11 is 0. The number of alkyl halides is 1. The van der Waals surface area contributed by atoms with Crippen LogP contribution < -0.4 is 5.32 Å². The van der Waals surface area contributed by atoms with E-state index in [-0.39, 0.29) is 12.6 Å². The van der Waals surface area contributed by atoms with E-state index in [1.54, 1.807) is 11.9 Å². The molecule has 1 saturated heterocycles. The van der Waals surface area contributed by atoms with Gasteiger partial charge in [0.05, 0.1) is 12.6 Å². The fraction of sp³-hybridized carbons (Fsp3) is 0.875. The second kappa shape index (κ2) is 4.53. The largest absolute Gasteiger partial charge is 0.480 e.